The van der Waals surface area contributed by atoms with Crippen LogP contribution in [-0.4, -0.2) is 58.2 Å². The summed E-state index contributed by atoms with van der Waals surface area (Å²) in [6.45, 7) is 3.60. The molecule has 1 saturated heterocycles. The van der Waals surface area contributed by atoms with Gasteiger partial charge in [-0.15, -0.1) is 0 Å². The lowest BCUT2D eigenvalue weighted by Crippen LogP contribution is -2.39. The van der Waals surface area contributed by atoms with Gasteiger partial charge < -0.3 is 24.7 Å². The van der Waals surface area contributed by atoms with Crippen molar-refractivity contribution >= 4 is 28.5 Å². The van der Waals surface area contributed by atoms with Gasteiger partial charge in [0.15, 0.2) is 11.6 Å². The van der Waals surface area contributed by atoms with Crippen LogP contribution in [0.3, 0.4) is 0 Å². The van der Waals surface area contributed by atoms with Crippen molar-refractivity contribution in [2.45, 2.75) is 51.0 Å². The maximum absolute atomic E-state index is 15.5. The highest BCUT2D eigenvalue weighted by atomic mass is 19.1. The molecule has 3 aliphatic rings. The van der Waals surface area contributed by atoms with Crippen molar-refractivity contribution < 1.29 is 23.5 Å². The molecular weight excluding hydrogens is 508 g/mol. The first-order chi connectivity index (χ1) is 18.7. The van der Waals surface area contributed by atoms with E-state index in [1.165, 1.54) is 4.57 Å². The van der Waals surface area contributed by atoms with E-state index in [0.717, 1.165) is 36.4 Å². The van der Waals surface area contributed by atoms with Crippen LogP contribution in [0, 0.1) is 11.2 Å². The van der Waals surface area contributed by atoms with Gasteiger partial charge in [-0.05, 0) is 24.5 Å². The van der Waals surface area contributed by atoms with Gasteiger partial charge in [0.25, 0.3) is 0 Å². The number of pyridine rings is 2. The summed E-state index contributed by atoms with van der Waals surface area (Å²) in [6, 6.07) is 10.5. The zero-order valence-electron chi connectivity index (χ0n) is 21.4. The second-order valence-electron chi connectivity index (χ2n) is 10.9. The molecule has 3 heterocycles. The molecule has 6 rings (SSSR count). The Morgan fingerprint density at radius 2 is 2.05 bits per heavy atom. The first-order valence-electron chi connectivity index (χ1n) is 13.1. The average Bonchev–Trinajstić information content (AvgIpc) is 3.84. The van der Waals surface area contributed by atoms with Gasteiger partial charge in [-0.25, -0.2) is 18.6 Å². The molecule has 3 atom stereocenters. The van der Waals surface area contributed by atoms with E-state index < -0.39 is 40.4 Å². The van der Waals surface area contributed by atoms with Crippen LogP contribution in [-0.2, 0) is 11.4 Å². The maximum Gasteiger partial charge on any atom is 0.341 e. The number of hydrogen-bond donors (Lipinski definition) is 2. The van der Waals surface area contributed by atoms with Crippen molar-refractivity contribution in [3.63, 3.8) is 0 Å². The Balaban J connectivity index is 1.35. The second-order valence-corrected chi connectivity index (χ2v) is 10.9. The maximum atomic E-state index is 15.5. The normalized spacial score (nSPS) is 25.4. The number of nitrogens with zero attached hydrogens (tertiary/aromatic N) is 4. The number of fused-ring (bicyclic) bond motifs is 1. The van der Waals surface area contributed by atoms with Crippen LogP contribution < -0.4 is 15.6 Å². The zero-order chi connectivity index (χ0) is 27.3. The number of hydrogen-bond acceptors (Lipinski definition) is 7. The lowest BCUT2D eigenvalue weighted by Gasteiger charge is -2.25. The summed E-state index contributed by atoms with van der Waals surface area (Å²) in [7, 11) is 0. The predicted octanol–water partition coefficient (Wildman–Crippen LogP) is 3.67. The standard InChI is InChI=1S/C28H29F2N5O4/c1-28(14-31-17-7-8-17)15-34(12-23(28)33-39-13-16-5-3-2-4-6-16)26-21(30)9-18-24(36)19(27(37)38)11-35(25(18)32-26)22-10-20(22)29/h2-6,9,11,17,20,22,31H,7-8,10,12-15H2,1H3,(H,37,38)/b33-23-/t20-,22+,28?/m0/s1. The van der Waals surface area contributed by atoms with Crippen LogP contribution in [0.15, 0.2) is 52.5 Å². The molecule has 0 bridgehead atoms. The number of aromatic nitrogens is 2. The molecule has 2 aliphatic carbocycles. The molecule has 3 aromatic rings. The minimum absolute atomic E-state index is 0.000638. The smallest absolute Gasteiger partial charge is 0.341 e. The SMILES string of the molecule is CC1(CNC2CC2)CN(c2nc3c(cc2F)c(=O)c(C(=O)O)cn3[C@@H]2C[C@@H]2F)C/C1=N/OCc1ccccc1. The molecule has 0 radical (unpaired) electrons. The summed E-state index contributed by atoms with van der Waals surface area (Å²) >= 11 is 0. The van der Waals surface area contributed by atoms with Gasteiger partial charge in [0.05, 0.1) is 23.7 Å². The van der Waals surface area contributed by atoms with E-state index in [1.807, 2.05) is 37.3 Å². The van der Waals surface area contributed by atoms with Gasteiger partial charge in [-0.1, -0.05) is 42.4 Å². The minimum Gasteiger partial charge on any atom is -0.477 e. The lowest BCUT2D eigenvalue weighted by molar-refractivity contribution is 0.0694. The molecule has 1 aromatic carbocycles. The molecule has 2 N–H and O–H groups in total. The fourth-order valence-electron chi connectivity index (χ4n) is 5.11. The third-order valence-electron chi connectivity index (χ3n) is 7.69. The number of carboxylic acid groups (broad SMARTS) is 1. The molecule has 204 valence electrons. The van der Waals surface area contributed by atoms with Crippen LogP contribution in [0.5, 0.6) is 0 Å². The van der Waals surface area contributed by atoms with Gasteiger partial charge >= 0.3 is 5.97 Å². The number of carboxylic acids is 1. The van der Waals surface area contributed by atoms with Crippen molar-refractivity contribution in [2.75, 3.05) is 24.5 Å². The third kappa shape index (κ3) is 4.98. The average molecular weight is 538 g/mol. The Kier molecular flexibility index (Phi) is 6.33. The fraction of sp³-hybridized carbons (Fsp3) is 0.429. The molecule has 1 aliphatic heterocycles. The van der Waals surface area contributed by atoms with Gasteiger partial charge in [0, 0.05) is 37.2 Å². The molecule has 39 heavy (non-hydrogen) atoms. The quantitative estimate of drug-likeness (QED) is 0.401. The van der Waals surface area contributed by atoms with Crippen LogP contribution in [0.4, 0.5) is 14.6 Å². The first kappa shape index (κ1) is 25.4. The van der Waals surface area contributed by atoms with Crippen molar-refractivity contribution in [3.8, 4) is 0 Å². The Hall–Kier alpha value is -3.86. The van der Waals surface area contributed by atoms with E-state index in [9.17, 15) is 19.1 Å². The van der Waals surface area contributed by atoms with Gasteiger partial charge in [0.1, 0.15) is 24.0 Å². The topological polar surface area (TPSA) is 109 Å². The highest BCUT2D eigenvalue weighted by Gasteiger charge is 2.44. The number of halogens is 2. The van der Waals surface area contributed by atoms with E-state index in [2.05, 4.69) is 15.5 Å². The van der Waals surface area contributed by atoms with Crippen LogP contribution in [0.2, 0.25) is 0 Å². The van der Waals surface area contributed by atoms with E-state index >= 15 is 4.39 Å². The van der Waals surface area contributed by atoms with Crippen LogP contribution >= 0.6 is 0 Å². The number of anilines is 1. The van der Waals surface area contributed by atoms with Gasteiger partial charge in [0.2, 0.25) is 5.43 Å². The molecule has 2 aromatic heterocycles. The van der Waals surface area contributed by atoms with Gasteiger partial charge in [-0.2, -0.15) is 0 Å². The van der Waals surface area contributed by atoms with Crippen molar-refractivity contribution in [1.82, 2.24) is 14.9 Å². The Morgan fingerprint density at radius 1 is 1.31 bits per heavy atom. The highest BCUT2D eigenvalue weighted by Crippen LogP contribution is 2.41. The summed E-state index contributed by atoms with van der Waals surface area (Å²) in [5.41, 5.74) is -0.0932. The summed E-state index contributed by atoms with van der Waals surface area (Å²) in [5.74, 6) is -2.21. The lowest BCUT2D eigenvalue weighted by atomic mass is 9.88. The van der Waals surface area contributed by atoms with Crippen molar-refractivity contribution in [1.29, 1.82) is 0 Å². The number of aromatic carboxylic acids is 1. The number of rotatable bonds is 9. The number of alkyl halides is 1. The van der Waals surface area contributed by atoms with Crippen LogP contribution in [0.25, 0.3) is 11.0 Å². The first-order valence-corrected chi connectivity index (χ1v) is 13.1. The van der Waals surface area contributed by atoms with Crippen LogP contribution in [0.1, 0.15) is 48.1 Å². The summed E-state index contributed by atoms with van der Waals surface area (Å²) in [6.07, 6.45) is 2.34. The Morgan fingerprint density at radius 3 is 2.72 bits per heavy atom. The monoisotopic (exact) mass is 537 g/mol. The summed E-state index contributed by atoms with van der Waals surface area (Å²) < 4.78 is 30.9. The largest absolute Gasteiger partial charge is 0.477 e. The molecule has 0 spiro atoms. The van der Waals surface area contributed by atoms with E-state index in [0.29, 0.717) is 25.7 Å². The summed E-state index contributed by atoms with van der Waals surface area (Å²) in [5, 5.41) is 17.3. The minimum atomic E-state index is -1.45. The van der Waals surface area contributed by atoms with E-state index in [4.69, 9.17) is 4.84 Å². The number of oxime groups is 1. The molecular formula is C28H29F2N5O4. The van der Waals surface area contributed by atoms with Crippen molar-refractivity contribution in [3.05, 3.63) is 69.8 Å². The third-order valence-corrected chi connectivity index (χ3v) is 7.69. The Bertz CT molecular complexity index is 1520. The molecule has 3 fully saturated rings. The van der Waals surface area contributed by atoms with Crippen molar-refractivity contribution in [2.24, 2.45) is 10.6 Å². The zero-order valence-corrected chi connectivity index (χ0v) is 21.4. The fourth-order valence-corrected chi connectivity index (χ4v) is 5.11. The predicted molar refractivity (Wildman–Crippen MR) is 141 cm³/mol. The number of nitrogens with one attached hydrogen (secondary N) is 1. The number of carbonyl (C=O) groups is 1. The second kappa shape index (κ2) is 9.71. The highest BCUT2D eigenvalue weighted by molar-refractivity contribution is 5.97. The summed E-state index contributed by atoms with van der Waals surface area (Å²) in [4.78, 5) is 36.4. The molecule has 2 saturated carbocycles. The number of benzene rings is 1. The molecule has 1 unspecified atom stereocenters. The van der Waals surface area contributed by atoms with E-state index in [1.54, 1.807) is 4.90 Å². The van der Waals surface area contributed by atoms with E-state index in [-0.39, 0.29) is 29.8 Å². The van der Waals surface area contributed by atoms with Gasteiger partial charge in [-0.3, -0.25) is 4.79 Å². The molecule has 9 nitrogen and oxygen atoms in total. The molecule has 11 heteroatoms. The Labute approximate surface area is 223 Å². The molecule has 0 amide bonds.